The van der Waals surface area contributed by atoms with Crippen molar-refractivity contribution >= 4 is 16.0 Å². The fourth-order valence-electron chi connectivity index (χ4n) is 2.65. The van der Waals surface area contributed by atoms with Gasteiger partial charge in [-0.05, 0) is 32.8 Å². The molecule has 0 N–H and O–H groups in total. The van der Waals surface area contributed by atoms with E-state index in [0.717, 1.165) is 19.3 Å². The van der Waals surface area contributed by atoms with Crippen molar-refractivity contribution in [1.29, 1.82) is 0 Å². The van der Waals surface area contributed by atoms with Gasteiger partial charge in [-0.25, -0.2) is 13.2 Å². The van der Waals surface area contributed by atoms with Crippen LogP contribution in [0.15, 0.2) is 17.2 Å². The molecule has 1 aromatic heterocycles. The van der Waals surface area contributed by atoms with Crippen LogP contribution in [0.1, 0.15) is 43.6 Å². The van der Waals surface area contributed by atoms with Crippen LogP contribution >= 0.6 is 0 Å². The molecule has 0 radical (unpaired) electrons. The quantitative estimate of drug-likeness (QED) is 0.794. The highest BCUT2D eigenvalue weighted by Crippen LogP contribution is 2.26. The zero-order valence-corrected chi connectivity index (χ0v) is 13.5. The Morgan fingerprint density at radius 3 is 2.76 bits per heavy atom. The normalized spacial score (nSPS) is 20.4. The zero-order chi connectivity index (χ0) is 15.6. The number of piperidine rings is 1. The first-order valence-corrected chi connectivity index (χ1v) is 8.67. The molecule has 1 aliphatic rings. The van der Waals surface area contributed by atoms with Crippen molar-refractivity contribution in [3.63, 3.8) is 0 Å². The second kappa shape index (κ2) is 6.19. The van der Waals surface area contributed by atoms with Crippen LogP contribution in [0.2, 0.25) is 0 Å². The average molecular weight is 314 g/mol. The number of ether oxygens (including phenoxy) is 1. The molecule has 1 fully saturated rings. The molecule has 7 heteroatoms. The Labute approximate surface area is 125 Å². The number of aryl methyl sites for hydroxylation is 1. The molecule has 0 amide bonds. The van der Waals surface area contributed by atoms with Gasteiger partial charge >= 0.3 is 5.97 Å². The molecule has 0 aromatic carbocycles. The second-order valence-electron chi connectivity index (χ2n) is 5.35. The van der Waals surface area contributed by atoms with E-state index in [1.807, 2.05) is 6.92 Å². The average Bonchev–Trinajstić information content (AvgIpc) is 2.82. The first kappa shape index (κ1) is 16.0. The summed E-state index contributed by atoms with van der Waals surface area (Å²) in [5, 5.41) is 0. The summed E-state index contributed by atoms with van der Waals surface area (Å²) in [6.07, 6.45) is 4.27. The Kier molecular flexibility index (Phi) is 4.73. The van der Waals surface area contributed by atoms with Gasteiger partial charge in [-0.15, -0.1) is 0 Å². The minimum absolute atomic E-state index is 0.00463. The molecule has 1 atom stereocenters. The molecular weight excluding hydrogens is 292 g/mol. The van der Waals surface area contributed by atoms with E-state index in [-0.39, 0.29) is 23.2 Å². The van der Waals surface area contributed by atoms with Gasteiger partial charge in [0.1, 0.15) is 10.6 Å². The van der Waals surface area contributed by atoms with Gasteiger partial charge in [0.15, 0.2) is 0 Å². The van der Waals surface area contributed by atoms with Crippen molar-refractivity contribution < 1.29 is 17.9 Å². The maximum Gasteiger partial charge on any atom is 0.354 e. The predicted molar refractivity (Wildman–Crippen MR) is 78.6 cm³/mol. The van der Waals surface area contributed by atoms with E-state index in [4.69, 9.17) is 4.74 Å². The lowest BCUT2D eigenvalue weighted by Crippen LogP contribution is -2.41. The van der Waals surface area contributed by atoms with E-state index in [1.54, 1.807) is 14.0 Å². The van der Waals surface area contributed by atoms with Gasteiger partial charge in [0, 0.05) is 25.8 Å². The summed E-state index contributed by atoms with van der Waals surface area (Å²) in [7, 11) is -1.91. The van der Waals surface area contributed by atoms with Gasteiger partial charge in [-0.3, -0.25) is 0 Å². The smallest absolute Gasteiger partial charge is 0.354 e. The van der Waals surface area contributed by atoms with Gasteiger partial charge in [0.2, 0.25) is 10.0 Å². The number of carbonyl (C=O) groups is 1. The van der Waals surface area contributed by atoms with E-state index in [9.17, 15) is 13.2 Å². The molecule has 1 aromatic rings. The third kappa shape index (κ3) is 3.13. The van der Waals surface area contributed by atoms with Gasteiger partial charge < -0.3 is 9.30 Å². The highest BCUT2D eigenvalue weighted by molar-refractivity contribution is 7.89. The Bertz CT molecular complexity index is 621. The van der Waals surface area contributed by atoms with Gasteiger partial charge in [0.05, 0.1) is 6.61 Å². The summed E-state index contributed by atoms with van der Waals surface area (Å²) in [6, 6.07) is 1.39. The fraction of sp³-hybridized carbons (Fsp3) is 0.643. The van der Waals surface area contributed by atoms with Gasteiger partial charge in [-0.1, -0.05) is 6.42 Å². The number of nitrogens with zero attached hydrogens (tertiary/aromatic N) is 2. The molecule has 0 bridgehead atoms. The molecule has 2 heterocycles. The summed E-state index contributed by atoms with van der Waals surface area (Å²) in [6.45, 7) is 4.43. The van der Waals surface area contributed by atoms with Crippen LogP contribution in [0.5, 0.6) is 0 Å². The van der Waals surface area contributed by atoms with Crippen molar-refractivity contribution in [2.75, 3.05) is 13.2 Å². The standard InChI is InChI=1S/C14H22N2O4S/c1-4-20-14(17)13-9-12(10-15(13)3)21(18,19)16-8-6-5-7-11(16)2/h9-11H,4-8H2,1-3H3. The van der Waals surface area contributed by atoms with Crippen molar-refractivity contribution in [2.24, 2.45) is 7.05 Å². The van der Waals surface area contributed by atoms with E-state index in [2.05, 4.69) is 0 Å². The van der Waals surface area contributed by atoms with Gasteiger partial charge in [0.25, 0.3) is 0 Å². The topological polar surface area (TPSA) is 68.6 Å². The molecule has 6 nitrogen and oxygen atoms in total. The summed E-state index contributed by atoms with van der Waals surface area (Å²) >= 11 is 0. The van der Waals surface area contributed by atoms with Crippen molar-refractivity contribution in [3.8, 4) is 0 Å². The SMILES string of the molecule is CCOC(=O)c1cc(S(=O)(=O)N2CCCCC2C)cn1C. The fourth-order valence-corrected chi connectivity index (χ4v) is 4.42. The van der Waals surface area contributed by atoms with Crippen LogP contribution in [-0.2, 0) is 21.8 Å². The lowest BCUT2D eigenvalue weighted by Gasteiger charge is -2.31. The molecule has 1 unspecified atom stereocenters. The van der Waals surface area contributed by atoms with E-state index in [1.165, 1.54) is 21.1 Å². The van der Waals surface area contributed by atoms with Crippen LogP contribution in [0.25, 0.3) is 0 Å². The maximum atomic E-state index is 12.7. The summed E-state index contributed by atoms with van der Waals surface area (Å²) in [5.74, 6) is -0.506. The maximum absolute atomic E-state index is 12.7. The van der Waals surface area contributed by atoms with E-state index < -0.39 is 16.0 Å². The summed E-state index contributed by atoms with van der Waals surface area (Å²) in [5.41, 5.74) is 0.250. The molecular formula is C14H22N2O4S. The Morgan fingerprint density at radius 1 is 1.43 bits per heavy atom. The number of sulfonamides is 1. The Morgan fingerprint density at radius 2 is 2.14 bits per heavy atom. The number of carbonyl (C=O) groups excluding carboxylic acids is 1. The largest absolute Gasteiger partial charge is 0.461 e. The highest BCUT2D eigenvalue weighted by atomic mass is 32.2. The molecule has 1 saturated heterocycles. The van der Waals surface area contributed by atoms with Crippen LogP contribution in [0.3, 0.4) is 0 Å². The molecule has 118 valence electrons. The van der Waals surface area contributed by atoms with E-state index in [0.29, 0.717) is 6.54 Å². The highest BCUT2D eigenvalue weighted by Gasteiger charge is 2.32. The number of hydrogen-bond donors (Lipinski definition) is 0. The first-order chi connectivity index (χ1) is 9.87. The lowest BCUT2D eigenvalue weighted by molar-refractivity contribution is 0.0515. The summed E-state index contributed by atoms with van der Waals surface area (Å²) in [4.78, 5) is 11.9. The molecule has 21 heavy (non-hydrogen) atoms. The molecule has 0 spiro atoms. The second-order valence-corrected chi connectivity index (χ2v) is 7.24. The van der Waals surface area contributed by atoms with Crippen LogP contribution < -0.4 is 0 Å². The van der Waals surface area contributed by atoms with Crippen LogP contribution in [-0.4, -0.2) is 42.5 Å². The number of aromatic nitrogens is 1. The minimum Gasteiger partial charge on any atom is -0.461 e. The lowest BCUT2D eigenvalue weighted by atomic mass is 10.1. The van der Waals surface area contributed by atoms with Crippen molar-refractivity contribution in [3.05, 3.63) is 18.0 Å². The number of hydrogen-bond acceptors (Lipinski definition) is 4. The Hall–Kier alpha value is -1.34. The molecule has 1 aliphatic heterocycles. The minimum atomic E-state index is -3.56. The van der Waals surface area contributed by atoms with E-state index >= 15 is 0 Å². The third-order valence-corrected chi connectivity index (χ3v) is 5.79. The molecule has 2 rings (SSSR count). The third-order valence-electron chi connectivity index (χ3n) is 3.81. The molecule has 0 saturated carbocycles. The van der Waals surface area contributed by atoms with Crippen LogP contribution in [0.4, 0.5) is 0 Å². The number of esters is 1. The summed E-state index contributed by atoms with van der Waals surface area (Å²) < 4.78 is 33.4. The van der Waals surface area contributed by atoms with Crippen LogP contribution in [0, 0.1) is 0 Å². The Balaban J connectivity index is 2.33. The number of rotatable bonds is 4. The predicted octanol–water partition coefficient (Wildman–Crippen LogP) is 1.76. The van der Waals surface area contributed by atoms with Crippen molar-refractivity contribution in [1.82, 2.24) is 8.87 Å². The zero-order valence-electron chi connectivity index (χ0n) is 12.7. The first-order valence-electron chi connectivity index (χ1n) is 7.23. The molecule has 0 aliphatic carbocycles. The monoisotopic (exact) mass is 314 g/mol. The van der Waals surface area contributed by atoms with Crippen molar-refractivity contribution in [2.45, 2.75) is 44.0 Å². The van der Waals surface area contributed by atoms with Gasteiger partial charge in [-0.2, -0.15) is 4.31 Å².